The Hall–Kier alpha value is -1.50. The van der Waals surface area contributed by atoms with Crippen LogP contribution < -0.4 is 0 Å². The number of halogens is 3. The number of carboxylic acid groups (broad SMARTS) is 1. The number of carbonyl (C=O) groups excluding carboxylic acids is 1. The summed E-state index contributed by atoms with van der Waals surface area (Å²) in [6.45, 7) is 0.111. The molecule has 0 aliphatic heterocycles. The summed E-state index contributed by atoms with van der Waals surface area (Å²) in [5.41, 5.74) is -0.638. The number of rotatable bonds is 5. The molecule has 19 heavy (non-hydrogen) atoms. The maximum atomic E-state index is 13.6. The molecule has 0 spiro atoms. The second-order valence-electron chi connectivity index (χ2n) is 3.97. The van der Waals surface area contributed by atoms with E-state index in [1.165, 1.54) is 7.05 Å². The van der Waals surface area contributed by atoms with E-state index in [1.54, 1.807) is 0 Å². The lowest BCUT2D eigenvalue weighted by Gasteiger charge is -2.17. The lowest BCUT2D eigenvalue weighted by Crippen LogP contribution is -2.29. The Morgan fingerprint density at radius 3 is 2.32 bits per heavy atom. The van der Waals surface area contributed by atoms with Gasteiger partial charge < -0.3 is 10.0 Å². The van der Waals surface area contributed by atoms with Crippen LogP contribution in [-0.2, 0) is 4.79 Å². The van der Waals surface area contributed by atoms with Gasteiger partial charge in [-0.05, 0) is 18.6 Å². The maximum absolute atomic E-state index is 13.6. The Morgan fingerprint density at radius 2 is 1.84 bits per heavy atom. The predicted octanol–water partition coefficient (Wildman–Crippen LogP) is 2.66. The zero-order valence-electron chi connectivity index (χ0n) is 10.1. The Morgan fingerprint density at radius 1 is 1.32 bits per heavy atom. The first-order chi connectivity index (χ1) is 8.82. The van der Waals surface area contributed by atoms with Gasteiger partial charge in [-0.15, -0.1) is 0 Å². The third-order valence-electron chi connectivity index (χ3n) is 2.45. The molecular weight excluding hydrogens is 324 g/mol. The van der Waals surface area contributed by atoms with Gasteiger partial charge in [0.15, 0.2) is 0 Å². The maximum Gasteiger partial charge on any atom is 0.303 e. The molecule has 0 aliphatic carbocycles. The van der Waals surface area contributed by atoms with Gasteiger partial charge in [0.1, 0.15) is 17.2 Å². The van der Waals surface area contributed by atoms with E-state index >= 15 is 0 Å². The van der Waals surface area contributed by atoms with Crippen LogP contribution in [0.5, 0.6) is 0 Å². The van der Waals surface area contributed by atoms with Crippen LogP contribution in [-0.4, -0.2) is 35.5 Å². The minimum absolute atomic E-state index is 0.108. The van der Waals surface area contributed by atoms with E-state index < -0.39 is 29.1 Å². The Labute approximate surface area is 117 Å². The molecular formula is C12H12BrF2NO3. The van der Waals surface area contributed by atoms with Crippen molar-refractivity contribution in [1.82, 2.24) is 4.90 Å². The molecule has 0 unspecified atom stereocenters. The quantitative estimate of drug-likeness (QED) is 0.899. The highest BCUT2D eigenvalue weighted by Gasteiger charge is 2.21. The highest BCUT2D eigenvalue weighted by molar-refractivity contribution is 9.10. The van der Waals surface area contributed by atoms with Crippen LogP contribution in [0.3, 0.4) is 0 Å². The second kappa shape index (κ2) is 6.60. The largest absolute Gasteiger partial charge is 0.481 e. The summed E-state index contributed by atoms with van der Waals surface area (Å²) in [6, 6.07) is 2.00. The molecule has 0 atom stereocenters. The third-order valence-corrected chi connectivity index (χ3v) is 2.91. The average Bonchev–Trinajstić information content (AvgIpc) is 2.26. The molecule has 0 saturated heterocycles. The lowest BCUT2D eigenvalue weighted by molar-refractivity contribution is -0.137. The van der Waals surface area contributed by atoms with Crippen LogP contribution in [0.15, 0.2) is 16.6 Å². The lowest BCUT2D eigenvalue weighted by atomic mass is 10.1. The summed E-state index contributed by atoms with van der Waals surface area (Å²) in [6.07, 6.45) is 0.111. The molecule has 104 valence electrons. The zero-order chi connectivity index (χ0) is 14.6. The number of benzene rings is 1. The molecule has 7 heteroatoms. The van der Waals surface area contributed by atoms with E-state index in [1.807, 2.05) is 0 Å². The monoisotopic (exact) mass is 335 g/mol. The summed E-state index contributed by atoms with van der Waals surface area (Å²) in [7, 11) is 1.37. The van der Waals surface area contributed by atoms with E-state index in [0.717, 1.165) is 17.0 Å². The number of hydrogen-bond donors (Lipinski definition) is 1. The van der Waals surface area contributed by atoms with Crippen LogP contribution in [0.4, 0.5) is 8.78 Å². The number of aliphatic carboxylic acids is 1. The van der Waals surface area contributed by atoms with Gasteiger partial charge in [-0.2, -0.15) is 0 Å². The fraction of sp³-hybridized carbons (Fsp3) is 0.333. The van der Waals surface area contributed by atoms with Gasteiger partial charge in [-0.1, -0.05) is 15.9 Å². The van der Waals surface area contributed by atoms with Gasteiger partial charge in [0.25, 0.3) is 5.91 Å². The summed E-state index contributed by atoms with van der Waals surface area (Å²) in [5.74, 6) is -3.71. The first-order valence-corrected chi connectivity index (χ1v) is 6.24. The molecule has 0 aliphatic rings. The summed E-state index contributed by atoms with van der Waals surface area (Å²) in [4.78, 5) is 23.3. The first-order valence-electron chi connectivity index (χ1n) is 5.44. The van der Waals surface area contributed by atoms with E-state index in [2.05, 4.69) is 15.9 Å². The summed E-state index contributed by atoms with van der Waals surface area (Å²) >= 11 is 2.92. The summed E-state index contributed by atoms with van der Waals surface area (Å²) < 4.78 is 27.3. The molecule has 1 rings (SSSR count). The average molecular weight is 336 g/mol. The van der Waals surface area contributed by atoms with E-state index in [4.69, 9.17) is 5.11 Å². The third kappa shape index (κ3) is 4.27. The van der Waals surface area contributed by atoms with Gasteiger partial charge in [0.2, 0.25) is 0 Å². The van der Waals surface area contributed by atoms with Crippen LogP contribution in [0.2, 0.25) is 0 Å². The van der Waals surface area contributed by atoms with E-state index in [9.17, 15) is 18.4 Å². The fourth-order valence-corrected chi connectivity index (χ4v) is 1.91. The SMILES string of the molecule is CN(CCCC(=O)O)C(=O)c1c(F)cc(Br)cc1F. The number of nitrogens with zero attached hydrogens (tertiary/aromatic N) is 1. The smallest absolute Gasteiger partial charge is 0.303 e. The summed E-state index contributed by atoms with van der Waals surface area (Å²) in [5, 5.41) is 8.47. The van der Waals surface area contributed by atoms with Gasteiger partial charge in [-0.25, -0.2) is 8.78 Å². The van der Waals surface area contributed by atoms with Crippen LogP contribution in [0.1, 0.15) is 23.2 Å². The van der Waals surface area contributed by atoms with Gasteiger partial charge >= 0.3 is 5.97 Å². The molecule has 0 fully saturated rings. The van der Waals surface area contributed by atoms with Crippen molar-refractivity contribution in [2.45, 2.75) is 12.8 Å². The molecule has 0 heterocycles. The predicted molar refractivity (Wildman–Crippen MR) is 67.9 cm³/mol. The van der Waals surface area contributed by atoms with Crippen molar-refractivity contribution in [3.8, 4) is 0 Å². The number of carboxylic acids is 1. The topological polar surface area (TPSA) is 57.6 Å². The number of carbonyl (C=O) groups is 2. The van der Waals surface area contributed by atoms with Crippen molar-refractivity contribution in [1.29, 1.82) is 0 Å². The van der Waals surface area contributed by atoms with Crippen molar-refractivity contribution in [3.05, 3.63) is 33.8 Å². The second-order valence-corrected chi connectivity index (χ2v) is 4.88. The molecule has 0 radical (unpaired) electrons. The fourth-order valence-electron chi connectivity index (χ4n) is 1.51. The molecule has 0 aromatic heterocycles. The van der Waals surface area contributed by atoms with Crippen molar-refractivity contribution >= 4 is 27.8 Å². The van der Waals surface area contributed by atoms with Crippen molar-refractivity contribution in [2.24, 2.45) is 0 Å². The molecule has 1 aromatic carbocycles. The van der Waals surface area contributed by atoms with E-state index in [-0.39, 0.29) is 23.9 Å². The number of hydrogen-bond acceptors (Lipinski definition) is 2. The zero-order valence-corrected chi connectivity index (χ0v) is 11.7. The normalized spacial score (nSPS) is 10.3. The molecule has 4 nitrogen and oxygen atoms in total. The highest BCUT2D eigenvalue weighted by atomic mass is 79.9. The van der Waals surface area contributed by atoms with Gasteiger partial charge in [-0.3, -0.25) is 9.59 Å². The standard InChI is InChI=1S/C12H12BrF2NO3/c1-16(4-2-3-10(17)18)12(19)11-8(14)5-7(13)6-9(11)15/h5-6H,2-4H2,1H3,(H,17,18). The van der Waals surface area contributed by atoms with Crippen LogP contribution in [0.25, 0.3) is 0 Å². The Bertz CT molecular complexity index is 485. The first kappa shape index (κ1) is 15.6. The minimum atomic E-state index is -0.984. The Kier molecular flexibility index (Phi) is 5.41. The molecule has 1 N–H and O–H groups in total. The molecule has 1 amide bonds. The van der Waals surface area contributed by atoms with Crippen LogP contribution in [0, 0.1) is 11.6 Å². The number of amides is 1. The van der Waals surface area contributed by atoms with Crippen molar-refractivity contribution in [3.63, 3.8) is 0 Å². The van der Waals surface area contributed by atoms with E-state index in [0.29, 0.717) is 0 Å². The van der Waals surface area contributed by atoms with Crippen LogP contribution >= 0.6 is 15.9 Å². The van der Waals surface area contributed by atoms with Gasteiger partial charge in [0.05, 0.1) is 0 Å². The molecule has 1 aromatic rings. The minimum Gasteiger partial charge on any atom is -0.481 e. The highest BCUT2D eigenvalue weighted by Crippen LogP contribution is 2.20. The molecule has 0 saturated carbocycles. The Balaban J connectivity index is 2.80. The molecule has 0 bridgehead atoms. The van der Waals surface area contributed by atoms with Gasteiger partial charge in [0, 0.05) is 24.5 Å². The van der Waals surface area contributed by atoms with Crippen molar-refractivity contribution < 1.29 is 23.5 Å². The van der Waals surface area contributed by atoms with Crippen molar-refractivity contribution in [2.75, 3.05) is 13.6 Å².